The first kappa shape index (κ1) is 20.1. The number of hydrogen-bond acceptors (Lipinski definition) is 2. The zero-order chi connectivity index (χ0) is 21.1. The van der Waals surface area contributed by atoms with Gasteiger partial charge >= 0.3 is 0 Å². The molecule has 0 radical (unpaired) electrons. The van der Waals surface area contributed by atoms with Crippen molar-refractivity contribution in [1.29, 1.82) is 0 Å². The lowest BCUT2D eigenvalue weighted by Gasteiger charge is -2.08. The number of rotatable bonds is 5. The summed E-state index contributed by atoms with van der Waals surface area (Å²) in [6.07, 6.45) is 3.53. The van der Waals surface area contributed by atoms with Crippen molar-refractivity contribution in [1.82, 2.24) is 9.99 Å². The van der Waals surface area contributed by atoms with Crippen LogP contribution in [0.2, 0.25) is 10.0 Å². The molecular weight excluding hydrogens is 424 g/mol. The number of amides is 1. The molecule has 0 atom stereocenters. The van der Waals surface area contributed by atoms with Crippen molar-refractivity contribution in [2.75, 3.05) is 0 Å². The second kappa shape index (κ2) is 8.69. The number of carbonyl (C=O) groups is 1. The van der Waals surface area contributed by atoms with Crippen LogP contribution in [-0.2, 0) is 6.54 Å². The molecule has 150 valence electrons. The number of para-hydroxylation sites is 1. The number of hydrazone groups is 1. The topological polar surface area (TPSA) is 46.4 Å². The van der Waals surface area contributed by atoms with Gasteiger partial charge < -0.3 is 4.57 Å². The fraction of sp³-hybridized carbons (Fsp3) is 0.0435. The van der Waals surface area contributed by atoms with Gasteiger partial charge in [-0.1, -0.05) is 47.5 Å². The lowest BCUT2D eigenvalue weighted by Crippen LogP contribution is -2.17. The number of hydrogen-bond donors (Lipinski definition) is 1. The van der Waals surface area contributed by atoms with Crippen LogP contribution in [0.25, 0.3) is 10.9 Å². The van der Waals surface area contributed by atoms with Gasteiger partial charge in [0.05, 0.1) is 6.21 Å². The quantitative estimate of drug-likeness (QED) is 0.305. The van der Waals surface area contributed by atoms with E-state index in [1.165, 1.54) is 24.3 Å². The number of aromatic nitrogens is 1. The molecule has 3 aromatic carbocycles. The van der Waals surface area contributed by atoms with Crippen LogP contribution in [0, 0.1) is 5.82 Å². The summed E-state index contributed by atoms with van der Waals surface area (Å²) in [5, 5.41) is 6.24. The Bertz CT molecular complexity index is 1250. The van der Waals surface area contributed by atoms with E-state index < -0.39 is 11.7 Å². The minimum atomic E-state index is -0.414. The molecule has 30 heavy (non-hydrogen) atoms. The third kappa shape index (κ3) is 4.37. The molecule has 0 aliphatic heterocycles. The van der Waals surface area contributed by atoms with Crippen LogP contribution in [0.5, 0.6) is 0 Å². The molecule has 0 aliphatic rings. The summed E-state index contributed by atoms with van der Waals surface area (Å²) >= 11 is 12.3. The number of nitrogens with zero attached hydrogens (tertiary/aromatic N) is 2. The lowest BCUT2D eigenvalue weighted by molar-refractivity contribution is 0.0955. The van der Waals surface area contributed by atoms with E-state index in [4.69, 9.17) is 23.2 Å². The van der Waals surface area contributed by atoms with Crippen LogP contribution >= 0.6 is 23.2 Å². The van der Waals surface area contributed by atoms with Crippen molar-refractivity contribution >= 4 is 46.2 Å². The Morgan fingerprint density at radius 1 is 1.07 bits per heavy atom. The Balaban J connectivity index is 1.58. The molecule has 4 aromatic rings. The van der Waals surface area contributed by atoms with Crippen LogP contribution in [0.15, 0.2) is 78.0 Å². The van der Waals surface area contributed by atoms with Gasteiger partial charge in [-0.2, -0.15) is 5.10 Å². The van der Waals surface area contributed by atoms with Gasteiger partial charge in [-0.3, -0.25) is 4.79 Å². The summed E-state index contributed by atoms with van der Waals surface area (Å²) in [6.45, 7) is 0.562. The molecule has 1 heterocycles. The Hall–Kier alpha value is -3.15. The molecule has 0 bridgehead atoms. The second-order valence-corrected chi connectivity index (χ2v) is 7.51. The normalized spacial score (nSPS) is 11.3. The average molecular weight is 440 g/mol. The number of halogens is 3. The van der Waals surface area contributed by atoms with E-state index in [-0.39, 0.29) is 0 Å². The Morgan fingerprint density at radius 3 is 2.60 bits per heavy atom. The SMILES string of the molecule is O=C(N/N=C\c1cn(Cc2ccc(Cl)cc2Cl)c2ccccc12)c1ccc(F)cc1. The number of carbonyl (C=O) groups excluding carboxylic acids is 1. The molecule has 0 aliphatic carbocycles. The molecule has 7 heteroatoms. The van der Waals surface area contributed by atoms with Gasteiger partial charge in [0.1, 0.15) is 5.82 Å². The minimum Gasteiger partial charge on any atom is -0.342 e. The van der Waals surface area contributed by atoms with Crippen molar-refractivity contribution in [2.24, 2.45) is 5.10 Å². The maximum absolute atomic E-state index is 13.0. The van der Waals surface area contributed by atoms with E-state index in [9.17, 15) is 9.18 Å². The lowest BCUT2D eigenvalue weighted by atomic mass is 10.2. The molecule has 4 nitrogen and oxygen atoms in total. The van der Waals surface area contributed by atoms with Gasteiger partial charge in [0.25, 0.3) is 5.91 Å². The highest BCUT2D eigenvalue weighted by Crippen LogP contribution is 2.25. The van der Waals surface area contributed by atoms with Gasteiger partial charge in [0, 0.05) is 44.8 Å². The Kier molecular flexibility index (Phi) is 5.84. The molecule has 1 N–H and O–H groups in total. The number of benzene rings is 3. The van der Waals surface area contributed by atoms with E-state index >= 15 is 0 Å². The van der Waals surface area contributed by atoms with E-state index in [2.05, 4.69) is 15.1 Å². The molecule has 0 unspecified atom stereocenters. The highest BCUT2D eigenvalue weighted by molar-refractivity contribution is 6.35. The summed E-state index contributed by atoms with van der Waals surface area (Å²) in [7, 11) is 0. The molecule has 0 fully saturated rings. The fourth-order valence-corrected chi connectivity index (χ4v) is 3.64. The van der Waals surface area contributed by atoms with Crippen LogP contribution in [0.4, 0.5) is 4.39 Å². The molecule has 4 rings (SSSR count). The highest BCUT2D eigenvalue weighted by atomic mass is 35.5. The molecule has 0 saturated carbocycles. The summed E-state index contributed by atoms with van der Waals surface area (Å²) < 4.78 is 15.1. The first-order valence-electron chi connectivity index (χ1n) is 9.12. The standard InChI is InChI=1S/C23H16Cl2FN3O/c24-18-8-5-16(21(25)11-18)13-29-14-17(20-3-1-2-4-22(20)29)12-27-28-23(30)15-6-9-19(26)10-7-15/h1-12,14H,13H2,(H,28,30)/b27-12-. The molecular formula is C23H16Cl2FN3O. The zero-order valence-corrected chi connectivity index (χ0v) is 17.2. The maximum Gasteiger partial charge on any atom is 0.271 e. The van der Waals surface area contributed by atoms with Crippen molar-refractivity contribution < 1.29 is 9.18 Å². The molecule has 1 amide bonds. The molecule has 1 aromatic heterocycles. The number of nitrogens with one attached hydrogen (secondary N) is 1. The monoisotopic (exact) mass is 439 g/mol. The predicted molar refractivity (Wildman–Crippen MR) is 119 cm³/mol. The van der Waals surface area contributed by atoms with Crippen molar-refractivity contribution in [3.05, 3.63) is 105 Å². The summed E-state index contributed by atoms with van der Waals surface area (Å²) in [6, 6.07) is 18.6. The van der Waals surface area contributed by atoms with Gasteiger partial charge in [-0.15, -0.1) is 0 Å². The van der Waals surface area contributed by atoms with Crippen molar-refractivity contribution in [2.45, 2.75) is 6.54 Å². The minimum absolute atomic E-state index is 0.327. The van der Waals surface area contributed by atoms with E-state index in [0.29, 0.717) is 22.2 Å². The zero-order valence-electron chi connectivity index (χ0n) is 15.6. The summed E-state index contributed by atoms with van der Waals surface area (Å²) in [4.78, 5) is 12.1. The van der Waals surface area contributed by atoms with Gasteiger partial charge in [-0.05, 0) is 48.0 Å². The van der Waals surface area contributed by atoms with Gasteiger partial charge in [-0.25, -0.2) is 9.82 Å². The molecule has 0 spiro atoms. The third-order valence-electron chi connectivity index (χ3n) is 4.65. The van der Waals surface area contributed by atoms with Crippen LogP contribution in [-0.4, -0.2) is 16.7 Å². The van der Waals surface area contributed by atoms with E-state index in [1.807, 2.05) is 42.6 Å². The molecule has 0 saturated heterocycles. The average Bonchev–Trinajstić information content (AvgIpc) is 3.08. The van der Waals surface area contributed by atoms with Gasteiger partial charge in [0.15, 0.2) is 0 Å². The van der Waals surface area contributed by atoms with Crippen molar-refractivity contribution in [3.63, 3.8) is 0 Å². The van der Waals surface area contributed by atoms with E-state index in [1.54, 1.807) is 12.3 Å². The first-order chi connectivity index (χ1) is 14.5. The second-order valence-electron chi connectivity index (χ2n) is 6.67. The summed E-state index contributed by atoms with van der Waals surface area (Å²) in [5.41, 5.74) is 5.59. The first-order valence-corrected chi connectivity index (χ1v) is 9.87. The van der Waals surface area contributed by atoms with Crippen molar-refractivity contribution in [3.8, 4) is 0 Å². The van der Waals surface area contributed by atoms with Crippen LogP contribution in [0.3, 0.4) is 0 Å². The maximum atomic E-state index is 13.0. The Morgan fingerprint density at radius 2 is 1.83 bits per heavy atom. The summed E-state index contributed by atoms with van der Waals surface area (Å²) in [5.74, 6) is -0.813. The fourth-order valence-electron chi connectivity index (χ4n) is 3.17. The smallest absolute Gasteiger partial charge is 0.271 e. The van der Waals surface area contributed by atoms with E-state index in [0.717, 1.165) is 22.0 Å². The largest absolute Gasteiger partial charge is 0.342 e. The Labute approximate surface area is 182 Å². The third-order valence-corrected chi connectivity index (χ3v) is 5.24. The van der Waals surface area contributed by atoms with Crippen LogP contribution < -0.4 is 5.43 Å². The van der Waals surface area contributed by atoms with Gasteiger partial charge in [0.2, 0.25) is 0 Å². The predicted octanol–water partition coefficient (Wildman–Crippen LogP) is 5.90. The van der Waals surface area contributed by atoms with Crippen LogP contribution in [0.1, 0.15) is 21.5 Å². The highest BCUT2D eigenvalue weighted by Gasteiger charge is 2.10. The number of fused-ring (bicyclic) bond motifs is 1.